The quantitative estimate of drug-likeness (QED) is 0.686. The predicted molar refractivity (Wildman–Crippen MR) is 61.3 cm³/mol. The lowest BCUT2D eigenvalue weighted by molar-refractivity contribution is 0.210. The molecule has 1 saturated heterocycles. The van der Waals surface area contributed by atoms with E-state index in [4.69, 9.17) is 5.73 Å². The van der Waals surface area contributed by atoms with Crippen LogP contribution in [0.15, 0.2) is 0 Å². The monoisotopic (exact) mass is 202 g/mol. The summed E-state index contributed by atoms with van der Waals surface area (Å²) in [6.45, 7) is 5.86. The van der Waals surface area contributed by atoms with Gasteiger partial charge in [-0.1, -0.05) is 6.92 Å². The van der Waals surface area contributed by atoms with Gasteiger partial charge in [0.25, 0.3) is 0 Å². The molecule has 13 heavy (non-hydrogen) atoms. The van der Waals surface area contributed by atoms with Crippen molar-refractivity contribution >= 4 is 11.8 Å². The Labute approximate surface area is 86.2 Å². The number of nitrogens with zero attached hydrogens (tertiary/aromatic N) is 1. The molecule has 2 nitrogen and oxygen atoms in total. The van der Waals surface area contributed by atoms with Crippen LogP contribution in [0.5, 0.6) is 0 Å². The normalized spacial score (nSPS) is 24.9. The van der Waals surface area contributed by atoms with Crippen molar-refractivity contribution in [3.05, 3.63) is 0 Å². The number of thioether (sulfide) groups is 1. The molecule has 2 N–H and O–H groups in total. The van der Waals surface area contributed by atoms with Crippen molar-refractivity contribution in [2.24, 2.45) is 5.73 Å². The fourth-order valence-electron chi connectivity index (χ4n) is 1.83. The molecule has 1 unspecified atom stereocenters. The van der Waals surface area contributed by atoms with Crippen LogP contribution < -0.4 is 5.73 Å². The Kier molecular flexibility index (Phi) is 5.83. The molecule has 0 saturated carbocycles. The van der Waals surface area contributed by atoms with Crippen LogP contribution in [-0.2, 0) is 0 Å². The van der Waals surface area contributed by atoms with Gasteiger partial charge in [-0.2, -0.15) is 11.8 Å². The molecule has 1 aliphatic heterocycles. The van der Waals surface area contributed by atoms with Crippen molar-refractivity contribution < 1.29 is 0 Å². The minimum Gasteiger partial charge on any atom is -0.327 e. The molecule has 1 heterocycles. The number of nitrogens with two attached hydrogens (primary N) is 1. The van der Waals surface area contributed by atoms with E-state index >= 15 is 0 Å². The first-order valence-corrected chi connectivity index (χ1v) is 6.54. The zero-order chi connectivity index (χ0) is 9.52. The van der Waals surface area contributed by atoms with Crippen LogP contribution in [0, 0.1) is 0 Å². The molecule has 1 aliphatic rings. The Balaban J connectivity index is 2.00. The number of likely N-dealkylation sites (tertiary alicyclic amines) is 1. The summed E-state index contributed by atoms with van der Waals surface area (Å²) in [5.41, 5.74) is 5.91. The first-order chi connectivity index (χ1) is 6.33. The molecular formula is C10H22N2S. The van der Waals surface area contributed by atoms with Crippen molar-refractivity contribution in [3.8, 4) is 0 Å². The maximum Gasteiger partial charge on any atom is 0.0168 e. The van der Waals surface area contributed by atoms with Gasteiger partial charge in [0.15, 0.2) is 0 Å². The van der Waals surface area contributed by atoms with Crippen molar-refractivity contribution in [1.82, 2.24) is 4.90 Å². The summed E-state index contributed by atoms with van der Waals surface area (Å²) in [5, 5.41) is 0. The Morgan fingerprint density at radius 1 is 1.54 bits per heavy atom. The highest BCUT2D eigenvalue weighted by atomic mass is 32.2. The van der Waals surface area contributed by atoms with E-state index in [0.29, 0.717) is 6.04 Å². The van der Waals surface area contributed by atoms with E-state index in [-0.39, 0.29) is 0 Å². The zero-order valence-electron chi connectivity index (χ0n) is 8.67. The third-order valence-corrected chi connectivity index (χ3v) is 3.49. The molecular weight excluding hydrogens is 180 g/mol. The third-order valence-electron chi connectivity index (χ3n) is 2.51. The number of hydrogen-bond donors (Lipinski definition) is 1. The second-order valence-electron chi connectivity index (χ2n) is 3.75. The van der Waals surface area contributed by atoms with Gasteiger partial charge in [0, 0.05) is 12.6 Å². The van der Waals surface area contributed by atoms with Gasteiger partial charge in [-0.3, -0.25) is 0 Å². The molecule has 0 amide bonds. The average molecular weight is 202 g/mol. The van der Waals surface area contributed by atoms with Crippen molar-refractivity contribution in [2.45, 2.75) is 32.2 Å². The molecule has 0 aromatic heterocycles. The van der Waals surface area contributed by atoms with Gasteiger partial charge in [-0.15, -0.1) is 0 Å². The summed E-state index contributed by atoms with van der Waals surface area (Å²) in [7, 11) is 0. The van der Waals surface area contributed by atoms with Gasteiger partial charge in [0.05, 0.1) is 0 Å². The molecule has 0 aliphatic carbocycles. The summed E-state index contributed by atoms with van der Waals surface area (Å²) in [6, 6.07) is 0.438. The lowest BCUT2D eigenvalue weighted by atomic mass is 10.1. The topological polar surface area (TPSA) is 29.3 Å². The molecule has 1 fully saturated rings. The molecule has 3 heteroatoms. The van der Waals surface area contributed by atoms with Crippen LogP contribution in [-0.4, -0.2) is 42.1 Å². The standard InChI is InChI=1S/C10H22N2S/c1-2-13-8-4-7-12-6-3-5-10(11)9-12/h10H,2-9,11H2,1H3. The Morgan fingerprint density at radius 2 is 2.38 bits per heavy atom. The van der Waals surface area contributed by atoms with Crippen LogP contribution in [0.2, 0.25) is 0 Å². The van der Waals surface area contributed by atoms with Crippen molar-refractivity contribution in [1.29, 1.82) is 0 Å². The van der Waals surface area contributed by atoms with E-state index in [2.05, 4.69) is 11.8 Å². The highest BCUT2D eigenvalue weighted by Gasteiger charge is 2.15. The molecule has 0 bridgehead atoms. The van der Waals surface area contributed by atoms with E-state index in [0.717, 1.165) is 6.54 Å². The first-order valence-electron chi connectivity index (χ1n) is 5.38. The summed E-state index contributed by atoms with van der Waals surface area (Å²) in [6.07, 6.45) is 3.84. The molecule has 0 spiro atoms. The maximum atomic E-state index is 5.91. The minimum atomic E-state index is 0.438. The smallest absolute Gasteiger partial charge is 0.0168 e. The summed E-state index contributed by atoms with van der Waals surface area (Å²) < 4.78 is 0. The molecule has 0 aromatic carbocycles. The second kappa shape index (κ2) is 6.68. The van der Waals surface area contributed by atoms with Crippen LogP contribution in [0.3, 0.4) is 0 Å². The van der Waals surface area contributed by atoms with Gasteiger partial charge < -0.3 is 10.6 Å². The Bertz CT molecular complexity index is 130. The van der Waals surface area contributed by atoms with Crippen LogP contribution in [0.25, 0.3) is 0 Å². The average Bonchev–Trinajstić information content (AvgIpc) is 2.13. The SMILES string of the molecule is CCSCCCN1CCCC(N)C1. The van der Waals surface area contributed by atoms with E-state index in [1.165, 1.54) is 43.9 Å². The number of piperidine rings is 1. The van der Waals surface area contributed by atoms with Gasteiger partial charge in [-0.25, -0.2) is 0 Å². The fraction of sp³-hybridized carbons (Fsp3) is 1.00. The van der Waals surface area contributed by atoms with Gasteiger partial charge in [0.1, 0.15) is 0 Å². The summed E-state index contributed by atoms with van der Waals surface area (Å²) >= 11 is 2.04. The van der Waals surface area contributed by atoms with E-state index in [9.17, 15) is 0 Å². The first kappa shape index (κ1) is 11.3. The van der Waals surface area contributed by atoms with E-state index in [1.807, 2.05) is 11.8 Å². The minimum absolute atomic E-state index is 0.438. The van der Waals surface area contributed by atoms with Crippen LogP contribution >= 0.6 is 11.8 Å². The highest BCUT2D eigenvalue weighted by molar-refractivity contribution is 7.99. The Hall–Kier alpha value is 0.270. The highest BCUT2D eigenvalue weighted by Crippen LogP contribution is 2.09. The molecule has 1 rings (SSSR count). The maximum absolute atomic E-state index is 5.91. The molecule has 1 atom stereocenters. The van der Waals surface area contributed by atoms with Crippen molar-refractivity contribution in [2.75, 3.05) is 31.1 Å². The third kappa shape index (κ3) is 4.89. The fourth-order valence-corrected chi connectivity index (χ4v) is 2.45. The summed E-state index contributed by atoms with van der Waals surface area (Å²) in [4.78, 5) is 2.52. The van der Waals surface area contributed by atoms with E-state index in [1.54, 1.807) is 0 Å². The lowest BCUT2D eigenvalue weighted by Gasteiger charge is -2.30. The summed E-state index contributed by atoms with van der Waals surface area (Å²) in [5.74, 6) is 2.56. The second-order valence-corrected chi connectivity index (χ2v) is 5.15. The van der Waals surface area contributed by atoms with Gasteiger partial charge in [-0.05, 0) is 43.9 Å². The lowest BCUT2D eigenvalue weighted by Crippen LogP contribution is -2.43. The van der Waals surface area contributed by atoms with Crippen molar-refractivity contribution in [3.63, 3.8) is 0 Å². The molecule has 78 valence electrons. The predicted octanol–water partition coefficient (Wildman–Crippen LogP) is 1.55. The number of rotatable bonds is 5. The number of hydrogen-bond acceptors (Lipinski definition) is 3. The zero-order valence-corrected chi connectivity index (χ0v) is 9.48. The Morgan fingerprint density at radius 3 is 3.08 bits per heavy atom. The van der Waals surface area contributed by atoms with Crippen LogP contribution in [0.1, 0.15) is 26.2 Å². The largest absolute Gasteiger partial charge is 0.327 e. The molecule has 0 aromatic rings. The van der Waals surface area contributed by atoms with Gasteiger partial charge in [0.2, 0.25) is 0 Å². The van der Waals surface area contributed by atoms with Gasteiger partial charge >= 0.3 is 0 Å². The van der Waals surface area contributed by atoms with E-state index < -0.39 is 0 Å². The van der Waals surface area contributed by atoms with Crippen LogP contribution in [0.4, 0.5) is 0 Å². The molecule has 0 radical (unpaired) electrons.